The summed E-state index contributed by atoms with van der Waals surface area (Å²) in [7, 11) is 0.583. The molecule has 3 heterocycles. The first-order valence-electron chi connectivity index (χ1n) is 8.91. The van der Waals surface area contributed by atoms with Crippen molar-refractivity contribution in [3.63, 3.8) is 0 Å². The van der Waals surface area contributed by atoms with Gasteiger partial charge in [0, 0.05) is 31.1 Å². The normalized spacial score (nSPS) is 11.8. The summed E-state index contributed by atoms with van der Waals surface area (Å²) in [6, 6.07) is 17.0. The molecule has 3 aromatic heterocycles. The quantitative estimate of drug-likeness (QED) is 0.490. The molecule has 1 atom stereocenters. The number of rotatable bonds is 7. The molecule has 4 aromatic rings. The molecule has 0 saturated heterocycles. The van der Waals surface area contributed by atoms with Crippen LogP contribution in [0.25, 0.3) is 11.3 Å². The highest BCUT2D eigenvalue weighted by molar-refractivity contribution is 7.85. The second-order valence-electron chi connectivity index (χ2n) is 6.24. The Labute approximate surface area is 170 Å². The highest BCUT2D eigenvalue weighted by Gasteiger charge is 2.07. The van der Waals surface area contributed by atoms with E-state index in [2.05, 4.69) is 30.1 Å². The zero-order valence-electron chi connectivity index (χ0n) is 15.7. The van der Waals surface area contributed by atoms with Crippen molar-refractivity contribution in [3.8, 4) is 11.3 Å². The van der Waals surface area contributed by atoms with Crippen LogP contribution in [0.5, 0.6) is 0 Å². The Morgan fingerprint density at radius 1 is 1.00 bits per heavy atom. The van der Waals surface area contributed by atoms with Crippen LogP contribution >= 0.6 is 0 Å². The SMILES string of the molecule is Cn1nccc1Nc1nccc(-c2ccc(NS(=O)Cc3ccccc3)nc2)n1. The minimum Gasteiger partial charge on any atom is -0.309 e. The van der Waals surface area contributed by atoms with E-state index in [1.807, 2.05) is 55.6 Å². The average molecular weight is 405 g/mol. The lowest BCUT2D eigenvalue weighted by atomic mass is 10.2. The van der Waals surface area contributed by atoms with Gasteiger partial charge in [-0.15, -0.1) is 0 Å². The fourth-order valence-corrected chi connectivity index (χ4v) is 3.60. The van der Waals surface area contributed by atoms with E-state index < -0.39 is 11.0 Å². The first-order valence-corrected chi connectivity index (χ1v) is 10.2. The first-order chi connectivity index (χ1) is 14.2. The molecule has 0 fully saturated rings. The molecule has 0 aliphatic carbocycles. The van der Waals surface area contributed by atoms with Crippen LogP contribution in [-0.2, 0) is 23.8 Å². The van der Waals surface area contributed by atoms with Gasteiger partial charge in [0.05, 0.1) is 17.6 Å². The minimum absolute atomic E-state index is 0.416. The van der Waals surface area contributed by atoms with Gasteiger partial charge in [-0.3, -0.25) is 9.40 Å². The van der Waals surface area contributed by atoms with Gasteiger partial charge in [-0.2, -0.15) is 5.10 Å². The van der Waals surface area contributed by atoms with E-state index in [-0.39, 0.29) is 0 Å². The number of hydrogen-bond donors (Lipinski definition) is 2. The van der Waals surface area contributed by atoms with Crippen LogP contribution in [0.4, 0.5) is 17.6 Å². The summed E-state index contributed by atoms with van der Waals surface area (Å²) in [6.45, 7) is 0. The maximum Gasteiger partial charge on any atom is 0.228 e. The van der Waals surface area contributed by atoms with Crippen molar-refractivity contribution in [2.45, 2.75) is 5.75 Å². The molecule has 0 radical (unpaired) electrons. The van der Waals surface area contributed by atoms with Crippen LogP contribution in [0.15, 0.2) is 73.2 Å². The molecule has 0 aliphatic heterocycles. The molecular weight excluding hydrogens is 386 g/mol. The highest BCUT2D eigenvalue weighted by Crippen LogP contribution is 2.20. The lowest BCUT2D eigenvalue weighted by Crippen LogP contribution is -2.08. The summed E-state index contributed by atoms with van der Waals surface area (Å²) < 4.78 is 16.9. The molecule has 1 aromatic carbocycles. The maximum atomic E-state index is 12.3. The molecule has 8 nitrogen and oxygen atoms in total. The molecule has 0 aliphatic rings. The van der Waals surface area contributed by atoms with Gasteiger partial charge in [0.15, 0.2) is 0 Å². The Kier molecular flexibility index (Phi) is 5.57. The molecule has 9 heteroatoms. The van der Waals surface area contributed by atoms with Crippen molar-refractivity contribution in [1.29, 1.82) is 0 Å². The molecule has 2 N–H and O–H groups in total. The number of benzene rings is 1. The number of nitrogens with one attached hydrogen (secondary N) is 2. The van der Waals surface area contributed by atoms with Gasteiger partial charge in [0.1, 0.15) is 22.6 Å². The second-order valence-corrected chi connectivity index (χ2v) is 7.42. The van der Waals surface area contributed by atoms with Crippen LogP contribution < -0.4 is 10.0 Å². The number of aromatic nitrogens is 5. The van der Waals surface area contributed by atoms with E-state index in [1.165, 1.54) is 0 Å². The van der Waals surface area contributed by atoms with Gasteiger partial charge in [-0.25, -0.2) is 19.2 Å². The fraction of sp³-hybridized carbons (Fsp3) is 0.100. The Balaban J connectivity index is 1.43. The van der Waals surface area contributed by atoms with Crippen LogP contribution in [0.1, 0.15) is 5.56 Å². The number of anilines is 3. The molecule has 0 saturated carbocycles. The Morgan fingerprint density at radius 3 is 2.59 bits per heavy atom. The van der Waals surface area contributed by atoms with Crippen molar-refractivity contribution in [2.75, 3.05) is 10.0 Å². The fourth-order valence-electron chi connectivity index (χ4n) is 2.67. The average Bonchev–Trinajstić information content (AvgIpc) is 3.14. The van der Waals surface area contributed by atoms with Crippen LogP contribution in [0.3, 0.4) is 0 Å². The highest BCUT2D eigenvalue weighted by atomic mass is 32.2. The minimum atomic E-state index is -1.25. The van der Waals surface area contributed by atoms with Gasteiger partial charge in [-0.1, -0.05) is 30.3 Å². The summed E-state index contributed by atoms with van der Waals surface area (Å²) in [5.74, 6) is 2.22. The summed E-state index contributed by atoms with van der Waals surface area (Å²) in [5, 5.41) is 7.24. The Morgan fingerprint density at radius 2 is 1.86 bits per heavy atom. The molecule has 146 valence electrons. The standard InChI is InChI=1S/C20H19N7OS/c1-27-19(10-12-23-27)25-20-21-11-9-17(24-20)16-7-8-18(22-13-16)26-29(28)14-15-5-3-2-4-6-15/h2-13H,14H2,1H3,(H,22,26)(H,21,24,25). The molecule has 29 heavy (non-hydrogen) atoms. The lowest BCUT2D eigenvalue weighted by Gasteiger charge is -2.08. The topological polar surface area (TPSA) is 97.6 Å². The third-order valence-corrected chi connectivity index (χ3v) is 5.17. The largest absolute Gasteiger partial charge is 0.309 e. The number of hydrogen-bond acceptors (Lipinski definition) is 6. The van der Waals surface area contributed by atoms with Crippen LogP contribution in [0, 0.1) is 0 Å². The molecular formula is C20H19N7OS. The van der Waals surface area contributed by atoms with E-state index in [9.17, 15) is 4.21 Å². The number of nitrogens with zero attached hydrogens (tertiary/aromatic N) is 5. The summed E-state index contributed by atoms with van der Waals surface area (Å²) >= 11 is 0. The summed E-state index contributed by atoms with van der Waals surface area (Å²) in [6.07, 6.45) is 5.07. The van der Waals surface area contributed by atoms with Crippen molar-refractivity contribution in [1.82, 2.24) is 24.7 Å². The van der Waals surface area contributed by atoms with Gasteiger partial charge < -0.3 is 5.32 Å². The summed E-state index contributed by atoms with van der Waals surface area (Å²) in [5.41, 5.74) is 2.57. The molecule has 0 spiro atoms. The molecule has 0 bridgehead atoms. The van der Waals surface area contributed by atoms with Gasteiger partial charge in [0.25, 0.3) is 0 Å². The summed E-state index contributed by atoms with van der Waals surface area (Å²) in [4.78, 5) is 13.1. The van der Waals surface area contributed by atoms with E-state index in [0.29, 0.717) is 17.5 Å². The maximum absolute atomic E-state index is 12.3. The zero-order chi connectivity index (χ0) is 20.1. The van der Waals surface area contributed by atoms with E-state index in [0.717, 1.165) is 22.6 Å². The molecule has 0 amide bonds. The number of pyridine rings is 1. The van der Waals surface area contributed by atoms with Crippen molar-refractivity contribution < 1.29 is 4.21 Å². The van der Waals surface area contributed by atoms with Gasteiger partial charge in [0.2, 0.25) is 5.95 Å². The zero-order valence-corrected chi connectivity index (χ0v) is 16.5. The second kappa shape index (κ2) is 8.61. The van der Waals surface area contributed by atoms with E-state index >= 15 is 0 Å². The van der Waals surface area contributed by atoms with E-state index in [4.69, 9.17) is 0 Å². The Hall–Kier alpha value is -3.59. The Bertz CT molecular complexity index is 1110. The van der Waals surface area contributed by atoms with Crippen LogP contribution in [0.2, 0.25) is 0 Å². The third-order valence-electron chi connectivity index (χ3n) is 4.13. The van der Waals surface area contributed by atoms with Gasteiger partial charge >= 0.3 is 0 Å². The third kappa shape index (κ3) is 4.82. The van der Waals surface area contributed by atoms with Crippen molar-refractivity contribution in [2.24, 2.45) is 7.05 Å². The van der Waals surface area contributed by atoms with E-state index in [1.54, 1.807) is 29.3 Å². The van der Waals surface area contributed by atoms with Crippen molar-refractivity contribution >= 4 is 28.6 Å². The lowest BCUT2D eigenvalue weighted by molar-refractivity contribution is 0.686. The predicted molar refractivity (Wildman–Crippen MR) is 114 cm³/mol. The number of aryl methyl sites for hydroxylation is 1. The first kappa shape index (κ1) is 18.8. The van der Waals surface area contributed by atoms with Crippen LogP contribution in [-0.4, -0.2) is 28.9 Å². The smallest absolute Gasteiger partial charge is 0.228 e. The monoisotopic (exact) mass is 405 g/mol. The molecule has 4 rings (SSSR count). The molecule has 1 unspecified atom stereocenters. The van der Waals surface area contributed by atoms with Gasteiger partial charge in [-0.05, 0) is 23.8 Å². The van der Waals surface area contributed by atoms with Crippen molar-refractivity contribution in [3.05, 3.63) is 78.8 Å². The predicted octanol–water partition coefficient (Wildman–Crippen LogP) is 3.29.